The Kier molecular flexibility index (Phi) is 7.11. The fourth-order valence-corrected chi connectivity index (χ4v) is 2.85. The van der Waals surface area contributed by atoms with Crippen molar-refractivity contribution >= 4 is 11.8 Å². The molecule has 0 spiro atoms. The fourth-order valence-electron chi connectivity index (χ4n) is 2.85. The van der Waals surface area contributed by atoms with Crippen molar-refractivity contribution in [2.75, 3.05) is 20.8 Å². The van der Waals surface area contributed by atoms with Crippen LogP contribution in [0.2, 0.25) is 0 Å². The molecule has 1 aromatic heterocycles. The highest BCUT2D eigenvalue weighted by Crippen LogP contribution is 2.31. The standard InChI is InChI=1S/C21H22N4O7/c1-29-16-8-5-14(9-17(16)30-2)20-24-32-21(28)25(20)11-19(27)23-10-13-3-6-15(7-4-13)31-12-18(22)26/h3-9H,10-12H2,1-2H3,(H2,22,26)(H,23,27). The van der Waals surface area contributed by atoms with Crippen molar-refractivity contribution < 1.29 is 28.3 Å². The lowest BCUT2D eigenvalue weighted by molar-refractivity contribution is -0.122. The third-order valence-electron chi connectivity index (χ3n) is 4.42. The molecule has 0 atom stereocenters. The average molecular weight is 442 g/mol. The molecule has 11 nitrogen and oxygen atoms in total. The van der Waals surface area contributed by atoms with Crippen LogP contribution in [-0.2, 0) is 22.7 Å². The Morgan fingerprint density at radius 3 is 2.47 bits per heavy atom. The molecule has 0 radical (unpaired) electrons. The number of hydrogen-bond acceptors (Lipinski definition) is 8. The van der Waals surface area contributed by atoms with E-state index in [2.05, 4.69) is 10.5 Å². The minimum atomic E-state index is -0.763. The number of methoxy groups -OCH3 is 2. The number of aromatic nitrogens is 2. The van der Waals surface area contributed by atoms with Crippen molar-refractivity contribution in [2.45, 2.75) is 13.1 Å². The van der Waals surface area contributed by atoms with Gasteiger partial charge in [-0.15, -0.1) is 0 Å². The molecule has 0 aliphatic carbocycles. The largest absolute Gasteiger partial charge is 0.493 e. The number of ether oxygens (including phenoxy) is 3. The molecule has 1 heterocycles. The molecule has 168 valence electrons. The molecule has 32 heavy (non-hydrogen) atoms. The van der Waals surface area contributed by atoms with Crippen molar-refractivity contribution in [1.29, 1.82) is 0 Å². The SMILES string of the molecule is COc1ccc(-c2noc(=O)n2CC(=O)NCc2ccc(OCC(N)=O)cc2)cc1OC. The van der Waals surface area contributed by atoms with Gasteiger partial charge >= 0.3 is 5.76 Å². The summed E-state index contributed by atoms with van der Waals surface area (Å²) in [5.74, 6) is -0.126. The molecular weight excluding hydrogens is 420 g/mol. The lowest BCUT2D eigenvalue weighted by Gasteiger charge is -2.10. The van der Waals surface area contributed by atoms with Gasteiger partial charge in [-0.1, -0.05) is 17.3 Å². The van der Waals surface area contributed by atoms with Crippen LogP contribution in [0, 0.1) is 0 Å². The van der Waals surface area contributed by atoms with Crippen molar-refractivity contribution in [3.05, 3.63) is 58.6 Å². The van der Waals surface area contributed by atoms with E-state index in [1.54, 1.807) is 42.5 Å². The highest BCUT2D eigenvalue weighted by Gasteiger charge is 2.17. The van der Waals surface area contributed by atoms with Crippen molar-refractivity contribution in [3.63, 3.8) is 0 Å². The summed E-state index contributed by atoms with van der Waals surface area (Å²) in [4.78, 5) is 35.3. The molecule has 11 heteroatoms. The van der Waals surface area contributed by atoms with Crippen LogP contribution in [0.4, 0.5) is 0 Å². The number of nitrogens with zero attached hydrogens (tertiary/aromatic N) is 2. The topological polar surface area (TPSA) is 148 Å². The predicted molar refractivity (Wildman–Crippen MR) is 112 cm³/mol. The monoisotopic (exact) mass is 442 g/mol. The Balaban J connectivity index is 1.66. The molecule has 0 saturated carbocycles. The molecule has 2 aromatic carbocycles. The highest BCUT2D eigenvalue weighted by atomic mass is 16.5. The van der Waals surface area contributed by atoms with Gasteiger partial charge in [0.25, 0.3) is 5.91 Å². The van der Waals surface area contributed by atoms with Crippen LogP contribution in [0.5, 0.6) is 17.2 Å². The number of amides is 2. The Morgan fingerprint density at radius 1 is 1.09 bits per heavy atom. The second-order valence-corrected chi connectivity index (χ2v) is 6.60. The zero-order valence-electron chi connectivity index (χ0n) is 17.5. The van der Waals surface area contributed by atoms with Gasteiger partial charge < -0.3 is 25.3 Å². The van der Waals surface area contributed by atoms with Gasteiger partial charge in [-0.2, -0.15) is 0 Å². The van der Waals surface area contributed by atoms with Crippen molar-refractivity contribution in [2.24, 2.45) is 5.73 Å². The molecule has 0 saturated heterocycles. The van der Waals surface area contributed by atoms with Gasteiger partial charge in [-0.25, -0.2) is 9.36 Å². The number of primary amides is 1. The van der Waals surface area contributed by atoms with Gasteiger partial charge in [0.2, 0.25) is 5.91 Å². The smallest absolute Gasteiger partial charge is 0.442 e. The molecule has 0 unspecified atom stereocenters. The molecule has 0 bridgehead atoms. The molecule has 3 N–H and O–H groups in total. The molecule has 0 aliphatic heterocycles. The van der Waals surface area contributed by atoms with E-state index in [-0.39, 0.29) is 25.5 Å². The number of nitrogens with two attached hydrogens (primary N) is 1. The zero-order chi connectivity index (χ0) is 23.1. The average Bonchev–Trinajstić information content (AvgIpc) is 3.16. The maximum Gasteiger partial charge on any atom is 0.442 e. The first-order valence-corrected chi connectivity index (χ1v) is 9.47. The van der Waals surface area contributed by atoms with Crippen molar-refractivity contribution in [1.82, 2.24) is 15.0 Å². The summed E-state index contributed by atoms with van der Waals surface area (Å²) in [5.41, 5.74) is 6.35. The normalized spacial score (nSPS) is 10.4. The van der Waals surface area contributed by atoms with Crippen LogP contribution in [-0.4, -0.2) is 42.4 Å². The van der Waals surface area contributed by atoms with E-state index in [1.807, 2.05) is 0 Å². The Morgan fingerprint density at radius 2 is 1.81 bits per heavy atom. The number of carbonyl (C=O) groups excluding carboxylic acids is 2. The second kappa shape index (κ2) is 10.2. The van der Waals surface area contributed by atoms with Gasteiger partial charge in [0.1, 0.15) is 12.3 Å². The summed E-state index contributed by atoms with van der Waals surface area (Å²) in [6.07, 6.45) is 0. The fraction of sp³-hybridized carbons (Fsp3) is 0.238. The van der Waals surface area contributed by atoms with E-state index in [4.69, 9.17) is 24.5 Å². The minimum absolute atomic E-state index is 0.182. The summed E-state index contributed by atoms with van der Waals surface area (Å²) in [5, 5.41) is 6.51. The van der Waals surface area contributed by atoms with Gasteiger partial charge in [-0.05, 0) is 35.9 Å². The van der Waals surface area contributed by atoms with Crippen LogP contribution >= 0.6 is 0 Å². The van der Waals surface area contributed by atoms with Crippen LogP contribution in [0.25, 0.3) is 11.4 Å². The highest BCUT2D eigenvalue weighted by molar-refractivity contribution is 5.76. The van der Waals surface area contributed by atoms with E-state index < -0.39 is 17.6 Å². The Labute approximate surface area is 182 Å². The van der Waals surface area contributed by atoms with E-state index >= 15 is 0 Å². The summed E-state index contributed by atoms with van der Waals surface area (Å²) in [6, 6.07) is 11.7. The molecule has 3 rings (SSSR count). The van der Waals surface area contributed by atoms with Crippen LogP contribution in [0.1, 0.15) is 5.56 Å². The first-order chi connectivity index (χ1) is 15.4. The van der Waals surface area contributed by atoms with Gasteiger partial charge in [0, 0.05) is 12.1 Å². The molecule has 0 fully saturated rings. The van der Waals surface area contributed by atoms with Crippen LogP contribution in [0.15, 0.2) is 51.8 Å². The third-order valence-corrected chi connectivity index (χ3v) is 4.42. The van der Waals surface area contributed by atoms with Crippen LogP contribution in [0.3, 0.4) is 0 Å². The molecule has 0 aliphatic rings. The van der Waals surface area contributed by atoms with Crippen molar-refractivity contribution in [3.8, 4) is 28.6 Å². The quantitative estimate of drug-likeness (QED) is 0.466. The minimum Gasteiger partial charge on any atom is -0.493 e. The number of nitrogens with one attached hydrogen (secondary N) is 1. The lowest BCUT2D eigenvalue weighted by atomic mass is 10.2. The van der Waals surface area contributed by atoms with E-state index in [1.165, 1.54) is 14.2 Å². The maximum atomic E-state index is 12.4. The Bertz CT molecular complexity index is 1150. The first kappa shape index (κ1) is 22.4. The molecule has 3 aromatic rings. The Hall–Kier alpha value is -4.28. The van der Waals surface area contributed by atoms with E-state index in [0.717, 1.165) is 10.1 Å². The lowest BCUT2D eigenvalue weighted by Crippen LogP contribution is -2.30. The van der Waals surface area contributed by atoms with E-state index in [9.17, 15) is 14.4 Å². The first-order valence-electron chi connectivity index (χ1n) is 9.47. The summed E-state index contributed by atoms with van der Waals surface area (Å²) in [7, 11) is 3.00. The molecule has 2 amide bonds. The van der Waals surface area contributed by atoms with Gasteiger partial charge in [0.05, 0.1) is 14.2 Å². The van der Waals surface area contributed by atoms with Gasteiger partial charge in [0.15, 0.2) is 23.9 Å². The number of rotatable bonds is 10. The van der Waals surface area contributed by atoms with Gasteiger partial charge in [-0.3, -0.25) is 14.1 Å². The second-order valence-electron chi connectivity index (χ2n) is 6.60. The number of benzene rings is 2. The summed E-state index contributed by atoms with van der Waals surface area (Å²) < 4.78 is 21.5. The number of carbonyl (C=O) groups is 2. The van der Waals surface area contributed by atoms with Crippen LogP contribution < -0.4 is 31.0 Å². The zero-order valence-corrected chi connectivity index (χ0v) is 17.5. The molecular formula is C21H22N4O7. The predicted octanol–water partition coefficient (Wildman–Crippen LogP) is 0.701. The van der Waals surface area contributed by atoms with E-state index in [0.29, 0.717) is 22.8 Å². The summed E-state index contributed by atoms with van der Waals surface area (Å²) >= 11 is 0. The maximum absolute atomic E-state index is 12.4. The number of hydrogen-bond donors (Lipinski definition) is 2. The summed E-state index contributed by atoms with van der Waals surface area (Å²) in [6.45, 7) is -0.279. The third kappa shape index (κ3) is 5.45.